The molecule has 0 saturated carbocycles. The highest BCUT2D eigenvalue weighted by atomic mass is 35.5. The first-order valence-corrected chi connectivity index (χ1v) is 6.51. The lowest BCUT2D eigenvalue weighted by atomic mass is 10.0. The van der Waals surface area contributed by atoms with Crippen LogP contribution in [0.25, 0.3) is 0 Å². The zero-order valence-electron chi connectivity index (χ0n) is 11.0. The number of nitrogens with one attached hydrogen (secondary N) is 1. The highest BCUT2D eigenvalue weighted by molar-refractivity contribution is 6.33. The molecule has 0 heterocycles. The highest BCUT2D eigenvalue weighted by Gasteiger charge is 2.18. The van der Waals surface area contributed by atoms with Crippen LogP contribution in [0.5, 0.6) is 0 Å². The fourth-order valence-electron chi connectivity index (χ4n) is 1.76. The van der Waals surface area contributed by atoms with Crippen LogP contribution in [0, 0.1) is 12.8 Å². The topological polar surface area (TPSA) is 49.3 Å². The zero-order chi connectivity index (χ0) is 13.7. The highest BCUT2D eigenvalue weighted by Crippen LogP contribution is 2.18. The summed E-state index contributed by atoms with van der Waals surface area (Å²) in [5.74, 6) is 0.0810. The molecule has 0 bridgehead atoms. The lowest BCUT2D eigenvalue weighted by Gasteiger charge is -2.21. The summed E-state index contributed by atoms with van der Waals surface area (Å²) in [5, 5.41) is 12.4. The van der Waals surface area contributed by atoms with Gasteiger partial charge in [-0.25, -0.2) is 0 Å². The van der Waals surface area contributed by atoms with E-state index in [9.17, 15) is 4.79 Å². The second kappa shape index (κ2) is 6.76. The second-order valence-corrected chi connectivity index (χ2v) is 5.23. The normalized spacial score (nSPS) is 12.6. The van der Waals surface area contributed by atoms with Crippen LogP contribution in [0.4, 0.5) is 0 Å². The molecule has 2 N–H and O–H groups in total. The van der Waals surface area contributed by atoms with Gasteiger partial charge < -0.3 is 10.4 Å². The molecular weight excluding hydrogens is 250 g/mol. The molecule has 3 nitrogen and oxygen atoms in total. The Morgan fingerprint density at radius 1 is 1.44 bits per heavy atom. The number of rotatable bonds is 5. The van der Waals surface area contributed by atoms with Gasteiger partial charge in [0.25, 0.3) is 5.91 Å². The lowest BCUT2D eigenvalue weighted by molar-refractivity contribution is 0.0917. The lowest BCUT2D eigenvalue weighted by Crippen LogP contribution is -2.39. The van der Waals surface area contributed by atoms with Crippen molar-refractivity contribution in [3.05, 3.63) is 34.3 Å². The summed E-state index contributed by atoms with van der Waals surface area (Å²) in [6.45, 7) is 6.01. The summed E-state index contributed by atoms with van der Waals surface area (Å²) in [7, 11) is 0. The summed E-state index contributed by atoms with van der Waals surface area (Å²) in [5.41, 5.74) is 1.50. The molecule has 1 atom stereocenters. The Morgan fingerprint density at radius 2 is 2.11 bits per heavy atom. The van der Waals surface area contributed by atoms with Gasteiger partial charge in [0.05, 0.1) is 10.6 Å². The molecule has 1 aromatic carbocycles. The van der Waals surface area contributed by atoms with Crippen molar-refractivity contribution in [2.45, 2.75) is 33.2 Å². The molecule has 0 aliphatic carbocycles. The minimum absolute atomic E-state index is 0.0418. The van der Waals surface area contributed by atoms with Crippen molar-refractivity contribution in [1.82, 2.24) is 5.32 Å². The van der Waals surface area contributed by atoms with Gasteiger partial charge in [0.15, 0.2) is 0 Å². The summed E-state index contributed by atoms with van der Waals surface area (Å²) in [4.78, 5) is 12.1. The van der Waals surface area contributed by atoms with E-state index in [0.29, 0.717) is 17.0 Å². The van der Waals surface area contributed by atoms with E-state index in [0.717, 1.165) is 5.56 Å². The predicted molar refractivity (Wildman–Crippen MR) is 74.0 cm³/mol. The van der Waals surface area contributed by atoms with Crippen LogP contribution in [-0.4, -0.2) is 23.7 Å². The fourth-order valence-corrected chi connectivity index (χ4v) is 2.08. The Labute approximate surface area is 113 Å². The van der Waals surface area contributed by atoms with Gasteiger partial charge in [-0.2, -0.15) is 0 Å². The molecule has 0 radical (unpaired) electrons. The second-order valence-electron chi connectivity index (χ2n) is 4.82. The van der Waals surface area contributed by atoms with Crippen LogP contribution >= 0.6 is 11.6 Å². The van der Waals surface area contributed by atoms with E-state index in [1.807, 2.05) is 26.8 Å². The molecule has 1 amide bonds. The zero-order valence-corrected chi connectivity index (χ0v) is 11.8. The third-order valence-corrected chi connectivity index (χ3v) is 3.24. The van der Waals surface area contributed by atoms with E-state index in [1.54, 1.807) is 12.1 Å². The fraction of sp³-hybridized carbons (Fsp3) is 0.500. The number of aliphatic hydroxyl groups is 1. The molecule has 4 heteroatoms. The van der Waals surface area contributed by atoms with Gasteiger partial charge in [-0.05, 0) is 37.0 Å². The molecule has 0 aliphatic rings. The van der Waals surface area contributed by atoms with Crippen molar-refractivity contribution in [3.63, 3.8) is 0 Å². The largest absolute Gasteiger partial charge is 0.396 e. The molecule has 0 aromatic heterocycles. The summed E-state index contributed by atoms with van der Waals surface area (Å²) in [6, 6.07) is 5.31. The van der Waals surface area contributed by atoms with Crippen LogP contribution in [0.2, 0.25) is 5.02 Å². The van der Waals surface area contributed by atoms with Gasteiger partial charge in [-0.15, -0.1) is 0 Å². The van der Waals surface area contributed by atoms with E-state index in [4.69, 9.17) is 16.7 Å². The molecule has 0 saturated heterocycles. The maximum Gasteiger partial charge on any atom is 0.253 e. The first-order valence-electron chi connectivity index (χ1n) is 6.13. The Bertz CT molecular complexity index is 418. The van der Waals surface area contributed by atoms with Crippen molar-refractivity contribution in [2.24, 2.45) is 5.92 Å². The van der Waals surface area contributed by atoms with Gasteiger partial charge in [-0.1, -0.05) is 31.5 Å². The SMILES string of the molecule is Cc1ccc(C(=O)NC(CCO)C(C)C)c(Cl)c1. The number of benzene rings is 1. The van der Waals surface area contributed by atoms with Crippen molar-refractivity contribution in [1.29, 1.82) is 0 Å². The molecule has 0 aliphatic heterocycles. The maximum atomic E-state index is 12.1. The number of carbonyl (C=O) groups excluding carboxylic acids is 1. The predicted octanol–water partition coefficient (Wildman–Crippen LogP) is 2.79. The van der Waals surface area contributed by atoms with Crippen molar-refractivity contribution >= 4 is 17.5 Å². The van der Waals surface area contributed by atoms with Gasteiger partial charge in [0.2, 0.25) is 0 Å². The number of halogens is 1. The molecule has 0 spiro atoms. The number of hydrogen-bond acceptors (Lipinski definition) is 2. The van der Waals surface area contributed by atoms with Crippen LogP contribution in [0.1, 0.15) is 36.2 Å². The maximum absolute atomic E-state index is 12.1. The van der Waals surface area contributed by atoms with Crippen molar-refractivity contribution in [3.8, 4) is 0 Å². The molecule has 1 rings (SSSR count). The smallest absolute Gasteiger partial charge is 0.253 e. The molecule has 1 aromatic rings. The molecule has 100 valence electrons. The third-order valence-electron chi connectivity index (χ3n) is 2.93. The van der Waals surface area contributed by atoms with Crippen LogP contribution in [0.3, 0.4) is 0 Å². The van der Waals surface area contributed by atoms with Crippen LogP contribution < -0.4 is 5.32 Å². The van der Waals surface area contributed by atoms with E-state index >= 15 is 0 Å². The number of hydrogen-bond donors (Lipinski definition) is 2. The average molecular weight is 270 g/mol. The third kappa shape index (κ3) is 4.00. The monoisotopic (exact) mass is 269 g/mol. The van der Waals surface area contributed by atoms with Gasteiger partial charge in [-0.3, -0.25) is 4.79 Å². The Morgan fingerprint density at radius 3 is 2.61 bits per heavy atom. The van der Waals surface area contributed by atoms with Crippen LogP contribution in [-0.2, 0) is 0 Å². The quantitative estimate of drug-likeness (QED) is 0.864. The standard InChI is InChI=1S/C14H20ClNO2/c1-9(2)13(6-7-17)16-14(18)11-5-4-10(3)8-12(11)15/h4-5,8-9,13,17H,6-7H2,1-3H3,(H,16,18). The number of aliphatic hydroxyl groups excluding tert-OH is 1. The Kier molecular flexibility index (Phi) is 5.63. The summed E-state index contributed by atoms with van der Waals surface area (Å²) >= 11 is 6.05. The molecular formula is C14H20ClNO2. The summed E-state index contributed by atoms with van der Waals surface area (Å²) in [6.07, 6.45) is 0.548. The Hall–Kier alpha value is -1.06. The van der Waals surface area contributed by atoms with Crippen molar-refractivity contribution in [2.75, 3.05) is 6.61 Å². The van der Waals surface area contributed by atoms with Crippen molar-refractivity contribution < 1.29 is 9.90 Å². The van der Waals surface area contributed by atoms with Crippen LogP contribution in [0.15, 0.2) is 18.2 Å². The number of carbonyl (C=O) groups is 1. The van der Waals surface area contributed by atoms with E-state index in [1.165, 1.54) is 0 Å². The molecule has 18 heavy (non-hydrogen) atoms. The number of aryl methyl sites for hydroxylation is 1. The van der Waals surface area contributed by atoms with Gasteiger partial charge >= 0.3 is 0 Å². The van der Waals surface area contributed by atoms with Gasteiger partial charge in [0.1, 0.15) is 0 Å². The van der Waals surface area contributed by atoms with Gasteiger partial charge in [0, 0.05) is 12.6 Å². The number of amides is 1. The first kappa shape index (κ1) is 15.0. The molecule has 0 fully saturated rings. The summed E-state index contributed by atoms with van der Waals surface area (Å²) < 4.78 is 0. The van der Waals surface area contributed by atoms with E-state index in [-0.39, 0.29) is 24.5 Å². The average Bonchev–Trinajstić information content (AvgIpc) is 2.27. The minimum atomic E-state index is -0.188. The molecule has 1 unspecified atom stereocenters. The minimum Gasteiger partial charge on any atom is -0.396 e. The van der Waals surface area contributed by atoms with E-state index in [2.05, 4.69) is 5.32 Å². The Balaban J connectivity index is 2.80. The van der Waals surface area contributed by atoms with E-state index < -0.39 is 0 Å². The first-order chi connectivity index (χ1) is 8.45.